The number of fused-ring (bicyclic) bond motifs is 4. The second-order valence-electron chi connectivity index (χ2n) is 8.33. The predicted octanol–water partition coefficient (Wildman–Crippen LogP) is 3.24. The molecule has 3 atom stereocenters. The minimum Gasteiger partial charge on any atom is -0.382 e. The van der Waals surface area contributed by atoms with Crippen LogP contribution in [-0.4, -0.2) is 54.9 Å². The highest BCUT2D eigenvalue weighted by atomic mass is 16.5. The molecule has 0 spiro atoms. The van der Waals surface area contributed by atoms with Crippen molar-refractivity contribution in [1.29, 1.82) is 0 Å². The molecule has 5 rings (SSSR count). The summed E-state index contributed by atoms with van der Waals surface area (Å²) >= 11 is 0. The summed E-state index contributed by atoms with van der Waals surface area (Å²) in [4.78, 5) is 15.4. The van der Waals surface area contributed by atoms with Crippen LogP contribution in [0.2, 0.25) is 0 Å². The van der Waals surface area contributed by atoms with Crippen LogP contribution >= 0.6 is 0 Å². The van der Waals surface area contributed by atoms with Gasteiger partial charge in [0, 0.05) is 26.3 Å². The SMILES string of the molecule is COC[C@@H]1CCCN1/N=C1/c2ccccc2[C@]2(c3ccccc3)C[C@H]1C(=O)N2C. The number of hydrogen-bond acceptors (Lipinski definition) is 4. The van der Waals surface area contributed by atoms with Gasteiger partial charge in [-0.05, 0) is 30.4 Å². The average Bonchev–Trinajstić information content (AvgIpc) is 3.29. The highest BCUT2D eigenvalue weighted by molar-refractivity contribution is 6.17. The fraction of sp³-hybridized carbons (Fsp3) is 0.417. The van der Waals surface area contributed by atoms with Crippen molar-refractivity contribution in [3.05, 3.63) is 71.3 Å². The minimum atomic E-state index is -0.421. The Morgan fingerprint density at radius 1 is 1.14 bits per heavy atom. The molecule has 2 aromatic rings. The van der Waals surface area contributed by atoms with Gasteiger partial charge in [0.05, 0.1) is 29.8 Å². The van der Waals surface area contributed by atoms with Crippen LogP contribution < -0.4 is 0 Å². The number of hydrazone groups is 1. The molecule has 3 aliphatic rings. The Kier molecular flexibility index (Phi) is 4.43. The standard InChI is InChI=1S/C24H27N3O2/c1-26-23(28)20-15-24(26,17-9-4-3-5-10-17)21-13-7-6-12-19(21)22(20)25-27-14-8-11-18(27)16-29-2/h3-7,9-10,12-13,18,20H,8,11,14-16H2,1-2H3/b25-22-/t18-,20+,24+/m0/s1. The molecule has 5 heteroatoms. The first kappa shape index (κ1) is 18.4. The number of carbonyl (C=O) groups excluding carboxylic acids is 1. The smallest absolute Gasteiger partial charge is 0.232 e. The van der Waals surface area contributed by atoms with Gasteiger partial charge >= 0.3 is 0 Å². The quantitative estimate of drug-likeness (QED) is 0.806. The molecule has 1 amide bonds. The van der Waals surface area contributed by atoms with E-state index in [1.54, 1.807) is 7.11 Å². The summed E-state index contributed by atoms with van der Waals surface area (Å²) in [6, 6.07) is 19.1. The Labute approximate surface area is 172 Å². The van der Waals surface area contributed by atoms with Crippen molar-refractivity contribution in [1.82, 2.24) is 9.91 Å². The lowest BCUT2D eigenvalue weighted by molar-refractivity contribution is -0.130. The first-order valence-corrected chi connectivity index (χ1v) is 10.4. The number of benzene rings is 2. The second-order valence-corrected chi connectivity index (χ2v) is 8.33. The van der Waals surface area contributed by atoms with Crippen LogP contribution in [0.4, 0.5) is 0 Å². The topological polar surface area (TPSA) is 45.1 Å². The van der Waals surface area contributed by atoms with Crippen LogP contribution in [0.3, 0.4) is 0 Å². The summed E-state index contributed by atoms with van der Waals surface area (Å²) < 4.78 is 5.40. The van der Waals surface area contributed by atoms with Crippen LogP contribution in [0.15, 0.2) is 59.7 Å². The molecule has 2 aromatic carbocycles. The zero-order valence-electron chi connectivity index (χ0n) is 17.0. The molecule has 2 fully saturated rings. The number of rotatable bonds is 4. The van der Waals surface area contributed by atoms with Gasteiger partial charge in [-0.3, -0.25) is 9.80 Å². The summed E-state index contributed by atoms with van der Waals surface area (Å²) in [7, 11) is 3.68. The molecule has 0 N–H and O–H groups in total. The molecule has 2 aliphatic heterocycles. The lowest BCUT2D eigenvalue weighted by atomic mass is 9.70. The maximum atomic E-state index is 13.4. The van der Waals surface area contributed by atoms with Gasteiger partial charge in [-0.1, -0.05) is 54.6 Å². The summed E-state index contributed by atoms with van der Waals surface area (Å²) in [5.74, 6) is -0.0507. The lowest BCUT2D eigenvalue weighted by Gasteiger charge is -2.40. The molecular formula is C24H27N3O2. The monoisotopic (exact) mass is 389 g/mol. The van der Waals surface area contributed by atoms with Crippen LogP contribution in [0.25, 0.3) is 0 Å². The van der Waals surface area contributed by atoms with E-state index in [9.17, 15) is 4.79 Å². The molecule has 0 saturated carbocycles. The molecule has 0 radical (unpaired) electrons. The van der Waals surface area contributed by atoms with E-state index in [-0.39, 0.29) is 17.9 Å². The van der Waals surface area contributed by atoms with Crippen LogP contribution in [0.1, 0.15) is 36.0 Å². The van der Waals surface area contributed by atoms with Gasteiger partial charge in [0.25, 0.3) is 0 Å². The third-order valence-corrected chi connectivity index (χ3v) is 6.87. The molecule has 150 valence electrons. The van der Waals surface area contributed by atoms with Crippen molar-refractivity contribution in [2.24, 2.45) is 11.0 Å². The lowest BCUT2D eigenvalue weighted by Crippen LogP contribution is -2.42. The number of amides is 1. The Bertz CT molecular complexity index is 958. The van der Waals surface area contributed by atoms with Gasteiger partial charge in [-0.15, -0.1) is 0 Å². The summed E-state index contributed by atoms with van der Waals surface area (Å²) in [6.45, 7) is 1.59. The normalized spacial score (nSPS) is 29.6. The molecule has 0 unspecified atom stereocenters. The fourth-order valence-corrected chi connectivity index (χ4v) is 5.46. The van der Waals surface area contributed by atoms with Gasteiger partial charge in [0.15, 0.2) is 0 Å². The molecule has 2 heterocycles. The molecule has 2 bridgehead atoms. The Morgan fingerprint density at radius 3 is 2.69 bits per heavy atom. The van der Waals surface area contributed by atoms with Gasteiger partial charge < -0.3 is 9.64 Å². The zero-order chi connectivity index (χ0) is 20.0. The van der Waals surface area contributed by atoms with E-state index in [4.69, 9.17) is 9.84 Å². The maximum Gasteiger partial charge on any atom is 0.232 e. The van der Waals surface area contributed by atoms with E-state index in [1.807, 2.05) is 18.0 Å². The molecule has 2 saturated heterocycles. The number of ether oxygens (including phenoxy) is 1. The molecule has 0 aromatic heterocycles. The number of methoxy groups -OCH3 is 1. The third-order valence-electron chi connectivity index (χ3n) is 6.87. The van der Waals surface area contributed by atoms with Gasteiger partial charge in [0.2, 0.25) is 5.91 Å². The molecule has 29 heavy (non-hydrogen) atoms. The largest absolute Gasteiger partial charge is 0.382 e. The van der Waals surface area contributed by atoms with Crippen LogP contribution in [-0.2, 0) is 15.1 Å². The number of nitrogens with zero attached hydrogens (tertiary/aromatic N) is 3. The van der Waals surface area contributed by atoms with Crippen molar-refractivity contribution in [3.63, 3.8) is 0 Å². The van der Waals surface area contributed by atoms with Crippen molar-refractivity contribution in [3.8, 4) is 0 Å². The van der Waals surface area contributed by atoms with E-state index in [0.717, 1.165) is 37.1 Å². The van der Waals surface area contributed by atoms with E-state index < -0.39 is 5.54 Å². The van der Waals surface area contributed by atoms with Gasteiger partial charge in [0.1, 0.15) is 0 Å². The van der Waals surface area contributed by atoms with Crippen molar-refractivity contribution in [2.45, 2.75) is 30.8 Å². The number of likely N-dealkylation sites (tertiary alicyclic amines) is 1. The van der Waals surface area contributed by atoms with Crippen molar-refractivity contribution < 1.29 is 9.53 Å². The van der Waals surface area contributed by atoms with Crippen molar-refractivity contribution >= 4 is 11.6 Å². The third kappa shape index (κ3) is 2.64. The maximum absolute atomic E-state index is 13.4. The predicted molar refractivity (Wildman–Crippen MR) is 113 cm³/mol. The number of carbonyl (C=O) groups is 1. The summed E-state index contributed by atoms with van der Waals surface area (Å²) in [5.41, 5.74) is 3.95. The summed E-state index contributed by atoms with van der Waals surface area (Å²) in [6.07, 6.45) is 2.93. The minimum absolute atomic E-state index is 0.159. The number of hydrogen-bond donors (Lipinski definition) is 0. The van der Waals surface area contributed by atoms with E-state index >= 15 is 0 Å². The average molecular weight is 389 g/mol. The Hall–Kier alpha value is -2.66. The highest BCUT2D eigenvalue weighted by Crippen LogP contribution is 2.52. The van der Waals surface area contributed by atoms with Gasteiger partial charge in [-0.25, -0.2) is 0 Å². The second kappa shape index (κ2) is 6.99. The van der Waals surface area contributed by atoms with Crippen LogP contribution in [0, 0.1) is 5.92 Å². The van der Waals surface area contributed by atoms with Crippen LogP contribution in [0.5, 0.6) is 0 Å². The fourth-order valence-electron chi connectivity index (χ4n) is 5.46. The van der Waals surface area contributed by atoms with Crippen molar-refractivity contribution in [2.75, 3.05) is 27.3 Å². The first-order valence-electron chi connectivity index (χ1n) is 10.4. The summed E-state index contributed by atoms with van der Waals surface area (Å²) in [5, 5.41) is 7.24. The van der Waals surface area contributed by atoms with E-state index in [0.29, 0.717) is 6.61 Å². The van der Waals surface area contributed by atoms with Gasteiger partial charge in [-0.2, -0.15) is 5.10 Å². The Morgan fingerprint density at radius 2 is 1.90 bits per heavy atom. The molecule has 5 nitrogen and oxygen atoms in total. The van der Waals surface area contributed by atoms with E-state index in [2.05, 4.69) is 53.5 Å². The highest BCUT2D eigenvalue weighted by Gasteiger charge is 2.57. The molecule has 1 aliphatic carbocycles. The Balaban J connectivity index is 1.67. The first-order chi connectivity index (χ1) is 14.2. The zero-order valence-corrected chi connectivity index (χ0v) is 17.0. The molecular weight excluding hydrogens is 362 g/mol. The van der Waals surface area contributed by atoms with E-state index in [1.165, 1.54) is 11.1 Å².